The van der Waals surface area contributed by atoms with Crippen LogP contribution in [0, 0.1) is 11.8 Å². The number of nitrogens with one attached hydrogen (secondary N) is 1. The van der Waals surface area contributed by atoms with Crippen LogP contribution in [0.3, 0.4) is 0 Å². The summed E-state index contributed by atoms with van der Waals surface area (Å²) in [5, 5.41) is 12.4. The van der Waals surface area contributed by atoms with Crippen LogP contribution in [0.1, 0.15) is 38.5 Å². The minimum Gasteiger partial charge on any atom is -0.481 e. The first-order valence-corrected chi connectivity index (χ1v) is 7.37. The normalized spacial score (nSPS) is 35.6. The van der Waals surface area contributed by atoms with Gasteiger partial charge in [0.05, 0.1) is 12.0 Å². The van der Waals surface area contributed by atoms with E-state index in [4.69, 9.17) is 5.11 Å². The van der Waals surface area contributed by atoms with Crippen molar-refractivity contribution in [3.05, 3.63) is 0 Å². The van der Waals surface area contributed by atoms with E-state index < -0.39 is 5.97 Å². The Balaban J connectivity index is 1.67. The second kappa shape index (κ2) is 4.82. The van der Waals surface area contributed by atoms with Crippen LogP contribution in [0.5, 0.6) is 0 Å². The summed E-state index contributed by atoms with van der Waals surface area (Å²) in [7, 11) is 0. The molecule has 2 saturated heterocycles. The highest BCUT2D eigenvalue weighted by Crippen LogP contribution is 2.39. The number of hydrogen-bond acceptors (Lipinski definition) is 3. The molecule has 0 aromatic heterocycles. The monoisotopic (exact) mass is 252 g/mol. The van der Waals surface area contributed by atoms with E-state index in [9.17, 15) is 4.79 Å². The highest BCUT2D eigenvalue weighted by Gasteiger charge is 2.47. The van der Waals surface area contributed by atoms with Gasteiger partial charge < -0.3 is 10.4 Å². The van der Waals surface area contributed by atoms with Gasteiger partial charge in [-0.1, -0.05) is 19.3 Å². The predicted octanol–water partition coefficient (Wildman–Crippen LogP) is 1.32. The number of likely N-dealkylation sites (tertiary alicyclic amines) is 1. The van der Waals surface area contributed by atoms with Gasteiger partial charge in [0.2, 0.25) is 0 Å². The lowest BCUT2D eigenvalue weighted by Crippen LogP contribution is -2.71. The molecule has 0 aromatic carbocycles. The maximum Gasteiger partial charge on any atom is 0.305 e. The summed E-state index contributed by atoms with van der Waals surface area (Å²) in [6.45, 7) is 3.96. The van der Waals surface area contributed by atoms with Crippen molar-refractivity contribution in [1.82, 2.24) is 10.2 Å². The fourth-order valence-electron chi connectivity index (χ4n) is 4.19. The molecule has 0 aromatic rings. The van der Waals surface area contributed by atoms with Gasteiger partial charge in [-0.3, -0.25) is 9.69 Å². The SMILES string of the molecule is O=C(O)CC1(N2CCC3CCCCC3C2)CNC1. The van der Waals surface area contributed by atoms with Crippen molar-refractivity contribution in [1.29, 1.82) is 0 Å². The Morgan fingerprint density at radius 1 is 1.22 bits per heavy atom. The van der Waals surface area contributed by atoms with Crippen LogP contribution in [0.2, 0.25) is 0 Å². The summed E-state index contributed by atoms with van der Waals surface area (Å²) in [5.41, 5.74) is -0.0751. The Hall–Kier alpha value is -0.610. The van der Waals surface area contributed by atoms with Crippen LogP contribution in [-0.4, -0.2) is 47.7 Å². The lowest BCUT2D eigenvalue weighted by molar-refractivity contribution is -0.143. The van der Waals surface area contributed by atoms with Crippen molar-refractivity contribution in [3.63, 3.8) is 0 Å². The van der Waals surface area contributed by atoms with Gasteiger partial charge in [0.1, 0.15) is 0 Å². The number of carboxylic acid groups (broad SMARTS) is 1. The fourth-order valence-corrected chi connectivity index (χ4v) is 4.19. The van der Waals surface area contributed by atoms with E-state index in [1.165, 1.54) is 32.1 Å². The smallest absolute Gasteiger partial charge is 0.305 e. The molecule has 102 valence electrons. The third-order valence-corrected chi connectivity index (χ3v) is 5.35. The standard InChI is InChI=1S/C14H24N2O2/c17-13(18)7-14(9-15-10-14)16-6-5-11-3-1-2-4-12(11)8-16/h11-12,15H,1-10H2,(H,17,18). The van der Waals surface area contributed by atoms with Crippen molar-refractivity contribution in [2.45, 2.75) is 44.1 Å². The third-order valence-electron chi connectivity index (χ3n) is 5.35. The summed E-state index contributed by atoms with van der Waals surface area (Å²) in [4.78, 5) is 13.6. The zero-order chi connectivity index (χ0) is 12.6. The van der Waals surface area contributed by atoms with E-state index in [0.717, 1.165) is 38.0 Å². The largest absolute Gasteiger partial charge is 0.481 e. The maximum atomic E-state index is 11.1. The Kier molecular flexibility index (Phi) is 3.32. The lowest BCUT2D eigenvalue weighted by Gasteiger charge is -2.54. The van der Waals surface area contributed by atoms with Crippen molar-refractivity contribution in [2.75, 3.05) is 26.2 Å². The predicted molar refractivity (Wildman–Crippen MR) is 69.5 cm³/mol. The molecule has 3 aliphatic rings. The van der Waals surface area contributed by atoms with Gasteiger partial charge in [0, 0.05) is 19.6 Å². The van der Waals surface area contributed by atoms with Crippen molar-refractivity contribution in [2.24, 2.45) is 11.8 Å². The second-order valence-electron chi connectivity index (χ2n) is 6.44. The van der Waals surface area contributed by atoms with Gasteiger partial charge in [0.25, 0.3) is 0 Å². The van der Waals surface area contributed by atoms with Crippen LogP contribution >= 0.6 is 0 Å². The first-order chi connectivity index (χ1) is 8.70. The molecule has 4 nitrogen and oxygen atoms in total. The number of carboxylic acids is 1. The highest BCUT2D eigenvalue weighted by atomic mass is 16.4. The van der Waals surface area contributed by atoms with Gasteiger partial charge in [-0.2, -0.15) is 0 Å². The van der Waals surface area contributed by atoms with Crippen LogP contribution in [0.15, 0.2) is 0 Å². The maximum absolute atomic E-state index is 11.1. The molecule has 2 atom stereocenters. The molecule has 0 radical (unpaired) electrons. The number of aliphatic carboxylic acids is 1. The van der Waals surface area contributed by atoms with E-state index in [1.807, 2.05) is 0 Å². The molecule has 2 unspecified atom stereocenters. The van der Waals surface area contributed by atoms with Crippen LogP contribution < -0.4 is 5.32 Å². The molecular formula is C14H24N2O2. The molecular weight excluding hydrogens is 228 g/mol. The van der Waals surface area contributed by atoms with Gasteiger partial charge in [-0.05, 0) is 31.2 Å². The Bertz CT molecular complexity index is 328. The van der Waals surface area contributed by atoms with E-state index in [1.54, 1.807) is 0 Å². The topological polar surface area (TPSA) is 52.6 Å². The quantitative estimate of drug-likeness (QED) is 0.795. The minimum atomic E-state index is -0.651. The number of fused-ring (bicyclic) bond motifs is 1. The average Bonchev–Trinajstić information content (AvgIpc) is 2.33. The molecule has 1 aliphatic carbocycles. The van der Waals surface area contributed by atoms with Crippen LogP contribution in [0.25, 0.3) is 0 Å². The van der Waals surface area contributed by atoms with Crippen molar-refractivity contribution >= 4 is 5.97 Å². The number of hydrogen-bond donors (Lipinski definition) is 2. The molecule has 0 amide bonds. The van der Waals surface area contributed by atoms with Gasteiger partial charge >= 0.3 is 5.97 Å². The fraction of sp³-hybridized carbons (Fsp3) is 0.929. The van der Waals surface area contributed by atoms with E-state index in [0.29, 0.717) is 6.42 Å². The third kappa shape index (κ3) is 2.16. The molecule has 1 saturated carbocycles. The summed E-state index contributed by atoms with van der Waals surface area (Å²) >= 11 is 0. The molecule has 3 fully saturated rings. The first kappa shape index (κ1) is 12.4. The number of carbonyl (C=O) groups is 1. The number of piperidine rings is 1. The van der Waals surface area contributed by atoms with Crippen LogP contribution in [0.4, 0.5) is 0 Å². The number of nitrogens with zero attached hydrogens (tertiary/aromatic N) is 1. The Morgan fingerprint density at radius 3 is 2.56 bits per heavy atom. The molecule has 0 spiro atoms. The van der Waals surface area contributed by atoms with Crippen molar-refractivity contribution in [3.8, 4) is 0 Å². The molecule has 4 heteroatoms. The van der Waals surface area contributed by atoms with Crippen LogP contribution in [-0.2, 0) is 4.79 Å². The average molecular weight is 252 g/mol. The second-order valence-corrected chi connectivity index (χ2v) is 6.44. The van der Waals surface area contributed by atoms with Gasteiger partial charge in [0.15, 0.2) is 0 Å². The first-order valence-electron chi connectivity index (χ1n) is 7.37. The lowest BCUT2D eigenvalue weighted by atomic mass is 9.73. The summed E-state index contributed by atoms with van der Waals surface area (Å²) in [5.74, 6) is 1.10. The Labute approximate surface area is 109 Å². The molecule has 2 aliphatic heterocycles. The number of rotatable bonds is 3. The van der Waals surface area contributed by atoms with E-state index in [-0.39, 0.29) is 5.54 Å². The van der Waals surface area contributed by atoms with E-state index >= 15 is 0 Å². The zero-order valence-electron chi connectivity index (χ0n) is 11.0. The minimum absolute atomic E-state index is 0.0751. The van der Waals surface area contributed by atoms with Gasteiger partial charge in [-0.15, -0.1) is 0 Å². The highest BCUT2D eigenvalue weighted by molar-refractivity contribution is 5.68. The molecule has 0 bridgehead atoms. The zero-order valence-corrected chi connectivity index (χ0v) is 11.0. The van der Waals surface area contributed by atoms with E-state index in [2.05, 4.69) is 10.2 Å². The molecule has 2 N–H and O–H groups in total. The molecule has 18 heavy (non-hydrogen) atoms. The molecule has 2 heterocycles. The summed E-state index contributed by atoms with van der Waals surface area (Å²) < 4.78 is 0. The molecule has 3 rings (SSSR count). The van der Waals surface area contributed by atoms with Gasteiger partial charge in [-0.25, -0.2) is 0 Å². The summed E-state index contributed by atoms with van der Waals surface area (Å²) in [6.07, 6.45) is 7.13. The summed E-state index contributed by atoms with van der Waals surface area (Å²) in [6, 6.07) is 0. The van der Waals surface area contributed by atoms with Crippen molar-refractivity contribution < 1.29 is 9.90 Å². The Morgan fingerprint density at radius 2 is 1.94 bits per heavy atom.